The van der Waals surface area contributed by atoms with Crippen LogP contribution in [-0.4, -0.2) is 32.9 Å². The first kappa shape index (κ1) is 12.1. The molecule has 1 aromatic rings. The predicted octanol–water partition coefficient (Wildman–Crippen LogP) is 0.864. The molecule has 1 aliphatic carbocycles. The van der Waals surface area contributed by atoms with Crippen LogP contribution in [0.2, 0.25) is 0 Å². The first-order valence-corrected chi connectivity index (χ1v) is 6.16. The SMILES string of the molecule is CC(C(=O)NC1CCCCC1O)n1cccn1. The summed E-state index contributed by atoms with van der Waals surface area (Å²) in [7, 11) is 0. The molecular formula is C12H19N3O2. The van der Waals surface area contributed by atoms with Gasteiger partial charge in [-0.1, -0.05) is 12.8 Å². The van der Waals surface area contributed by atoms with Crippen LogP contribution in [0.3, 0.4) is 0 Å². The van der Waals surface area contributed by atoms with Gasteiger partial charge in [0.25, 0.3) is 0 Å². The van der Waals surface area contributed by atoms with E-state index in [0.29, 0.717) is 0 Å². The number of carbonyl (C=O) groups excluding carboxylic acids is 1. The maximum Gasteiger partial charge on any atom is 0.244 e. The van der Waals surface area contributed by atoms with Gasteiger partial charge >= 0.3 is 0 Å². The number of hydrogen-bond acceptors (Lipinski definition) is 3. The van der Waals surface area contributed by atoms with Crippen LogP contribution in [0, 0.1) is 0 Å². The molecule has 0 bridgehead atoms. The van der Waals surface area contributed by atoms with Gasteiger partial charge in [0, 0.05) is 12.4 Å². The van der Waals surface area contributed by atoms with Crippen molar-refractivity contribution in [1.29, 1.82) is 0 Å². The predicted molar refractivity (Wildman–Crippen MR) is 63.3 cm³/mol. The quantitative estimate of drug-likeness (QED) is 0.819. The number of nitrogens with one attached hydrogen (secondary N) is 1. The standard InChI is InChI=1S/C12H19N3O2/c1-9(15-8-4-7-13-15)12(17)14-10-5-2-3-6-11(10)16/h4,7-11,16H,2-3,5-6H2,1H3,(H,14,17). The fraction of sp³-hybridized carbons (Fsp3) is 0.667. The van der Waals surface area contributed by atoms with Gasteiger partial charge < -0.3 is 10.4 Å². The van der Waals surface area contributed by atoms with Gasteiger partial charge in [-0.25, -0.2) is 0 Å². The van der Waals surface area contributed by atoms with Crippen LogP contribution >= 0.6 is 0 Å². The fourth-order valence-corrected chi connectivity index (χ4v) is 2.21. The van der Waals surface area contributed by atoms with Gasteiger partial charge in [0.2, 0.25) is 5.91 Å². The summed E-state index contributed by atoms with van der Waals surface area (Å²) < 4.78 is 1.62. The van der Waals surface area contributed by atoms with Crippen molar-refractivity contribution in [2.45, 2.75) is 50.8 Å². The molecule has 3 atom stereocenters. The molecule has 0 aromatic carbocycles. The number of rotatable bonds is 3. The maximum atomic E-state index is 12.0. The van der Waals surface area contributed by atoms with Crippen molar-refractivity contribution in [3.8, 4) is 0 Å². The first-order chi connectivity index (χ1) is 8.18. The van der Waals surface area contributed by atoms with E-state index in [4.69, 9.17) is 0 Å². The molecule has 0 radical (unpaired) electrons. The van der Waals surface area contributed by atoms with Crippen LogP contribution in [0.5, 0.6) is 0 Å². The monoisotopic (exact) mass is 237 g/mol. The highest BCUT2D eigenvalue weighted by Gasteiger charge is 2.26. The second kappa shape index (κ2) is 5.31. The van der Waals surface area contributed by atoms with Gasteiger partial charge in [-0.3, -0.25) is 9.48 Å². The number of hydrogen-bond donors (Lipinski definition) is 2. The Hall–Kier alpha value is -1.36. The summed E-state index contributed by atoms with van der Waals surface area (Å²) in [5.41, 5.74) is 0. The van der Waals surface area contributed by atoms with Crippen molar-refractivity contribution in [1.82, 2.24) is 15.1 Å². The zero-order valence-electron chi connectivity index (χ0n) is 10.0. The normalized spacial score (nSPS) is 26.5. The molecule has 17 heavy (non-hydrogen) atoms. The molecule has 0 aliphatic heterocycles. The number of nitrogens with zero attached hydrogens (tertiary/aromatic N) is 2. The minimum Gasteiger partial charge on any atom is -0.391 e. The Labute approximate surface area is 101 Å². The largest absolute Gasteiger partial charge is 0.391 e. The van der Waals surface area contributed by atoms with Crippen LogP contribution in [0.4, 0.5) is 0 Å². The van der Waals surface area contributed by atoms with E-state index in [1.807, 2.05) is 0 Å². The molecule has 1 aromatic heterocycles. The molecule has 5 nitrogen and oxygen atoms in total. The topological polar surface area (TPSA) is 67.2 Å². The van der Waals surface area contributed by atoms with Gasteiger partial charge in [-0.15, -0.1) is 0 Å². The van der Waals surface area contributed by atoms with E-state index >= 15 is 0 Å². The van der Waals surface area contributed by atoms with Gasteiger partial charge in [-0.05, 0) is 25.8 Å². The van der Waals surface area contributed by atoms with E-state index in [1.165, 1.54) is 0 Å². The smallest absolute Gasteiger partial charge is 0.244 e. The maximum absolute atomic E-state index is 12.0. The lowest BCUT2D eigenvalue weighted by atomic mass is 9.92. The molecule has 5 heteroatoms. The van der Waals surface area contributed by atoms with Gasteiger partial charge in [0.15, 0.2) is 0 Å². The van der Waals surface area contributed by atoms with E-state index < -0.39 is 6.10 Å². The summed E-state index contributed by atoms with van der Waals surface area (Å²) in [6.45, 7) is 1.80. The van der Waals surface area contributed by atoms with E-state index in [-0.39, 0.29) is 18.0 Å². The molecule has 0 saturated heterocycles. The summed E-state index contributed by atoms with van der Waals surface area (Å²) in [5, 5.41) is 16.7. The number of aliphatic hydroxyl groups excluding tert-OH is 1. The van der Waals surface area contributed by atoms with Crippen molar-refractivity contribution < 1.29 is 9.90 Å². The molecule has 2 N–H and O–H groups in total. The second-order valence-corrected chi connectivity index (χ2v) is 4.63. The molecule has 1 fully saturated rings. The molecule has 1 amide bonds. The summed E-state index contributed by atoms with van der Waals surface area (Å²) in [5.74, 6) is -0.0837. The highest BCUT2D eigenvalue weighted by molar-refractivity contribution is 5.80. The van der Waals surface area contributed by atoms with Crippen molar-refractivity contribution in [3.05, 3.63) is 18.5 Å². The molecule has 2 rings (SSSR count). The number of aliphatic hydroxyl groups is 1. The summed E-state index contributed by atoms with van der Waals surface area (Å²) >= 11 is 0. The molecule has 3 unspecified atom stereocenters. The molecule has 94 valence electrons. The average Bonchev–Trinajstić information content (AvgIpc) is 2.84. The number of aromatic nitrogens is 2. The van der Waals surface area contributed by atoms with Crippen LogP contribution < -0.4 is 5.32 Å². The first-order valence-electron chi connectivity index (χ1n) is 6.16. The van der Waals surface area contributed by atoms with Crippen molar-refractivity contribution >= 4 is 5.91 Å². The zero-order valence-corrected chi connectivity index (χ0v) is 10.0. The molecule has 0 spiro atoms. The molecule has 1 heterocycles. The summed E-state index contributed by atoms with van der Waals surface area (Å²) in [6, 6.07) is 1.35. The average molecular weight is 237 g/mol. The van der Waals surface area contributed by atoms with Gasteiger partial charge in [0.1, 0.15) is 6.04 Å². The minimum absolute atomic E-state index is 0.0837. The lowest BCUT2D eigenvalue weighted by molar-refractivity contribution is -0.126. The van der Waals surface area contributed by atoms with Crippen LogP contribution in [0.25, 0.3) is 0 Å². The van der Waals surface area contributed by atoms with Crippen molar-refractivity contribution in [2.24, 2.45) is 0 Å². The highest BCUT2D eigenvalue weighted by Crippen LogP contribution is 2.19. The molecule has 1 aliphatic rings. The third kappa shape index (κ3) is 2.85. The third-order valence-electron chi connectivity index (χ3n) is 3.36. The van der Waals surface area contributed by atoms with E-state index in [0.717, 1.165) is 25.7 Å². The van der Waals surface area contributed by atoms with Crippen LogP contribution in [0.1, 0.15) is 38.6 Å². The van der Waals surface area contributed by atoms with E-state index in [9.17, 15) is 9.90 Å². The molecule has 1 saturated carbocycles. The van der Waals surface area contributed by atoms with Crippen molar-refractivity contribution in [2.75, 3.05) is 0 Å². The fourth-order valence-electron chi connectivity index (χ4n) is 2.21. The summed E-state index contributed by atoms with van der Waals surface area (Å²) in [6.07, 6.45) is 6.76. The van der Waals surface area contributed by atoms with Crippen molar-refractivity contribution in [3.63, 3.8) is 0 Å². The second-order valence-electron chi connectivity index (χ2n) is 4.63. The molecular weight excluding hydrogens is 218 g/mol. The number of carbonyl (C=O) groups is 1. The number of amides is 1. The Balaban J connectivity index is 1.92. The van der Waals surface area contributed by atoms with Crippen LogP contribution in [0.15, 0.2) is 18.5 Å². The Kier molecular flexibility index (Phi) is 3.78. The summed E-state index contributed by atoms with van der Waals surface area (Å²) in [4.78, 5) is 12.0. The Morgan fingerprint density at radius 1 is 1.53 bits per heavy atom. The van der Waals surface area contributed by atoms with Gasteiger partial charge in [-0.2, -0.15) is 5.10 Å². The third-order valence-corrected chi connectivity index (χ3v) is 3.36. The van der Waals surface area contributed by atoms with E-state index in [1.54, 1.807) is 30.1 Å². The van der Waals surface area contributed by atoms with E-state index in [2.05, 4.69) is 10.4 Å². The Morgan fingerprint density at radius 3 is 2.94 bits per heavy atom. The lowest BCUT2D eigenvalue weighted by Gasteiger charge is -2.29. The Morgan fingerprint density at radius 2 is 2.29 bits per heavy atom. The Bertz CT molecular complexity index is 364. The van der Waals surface area contributed by atoms with Gasteiger partial charge in [0.05, 0.1) is 12.1 Å². The highest BCUT2D eigenvalue weighted by atomic mass is 16.3. The van der Waals surface area contributed by atoms with Crippen LogP contribution in [-0.2, 0) is 4.79 Å². The zero-order chi connectivity index (χ0) is 12.3. The lowest BCUT2D eigenvalue weighted by Crippen LogP contribution is -2.47. The minimum atomic E-state index is -0.405.